The third kappa shape index (κ3) is 7.27. The number of amides is 1. The lowest BCUT2D eigenvalue weighted by Crippen LogP contribution is -2.43. The van der Waals surface area contributed by atoms with Crippen LogP contribution in [0, 0.1) is 6.92 Å². The van der Waals surface area contributed by atoms with Crippen LogP contribution in [0.1, 0.15) is 16.7 Å². The van der Waals surface area contributed by atoms with Gasteiger partial charge in [0.1, 0.15) is 0 Å². The fourth-order valence-electron chi connectivity index (χ4n) is 2.61. The molecule has 0 heterocycles. The minimum atomic E-state index is 0.0118. The van der Waals surface area contributed by atoms with Crippen molar-refractivity contribution in [2.75, 3.05) is 33.4 Å². The molecular formula is C22H30N4OS. The molecular weight excluding hydrogens is 368 g/mol. The summed E-state index contributed by atoms with van der Waals surface area (Å²) in [5, 5.41) is 6.49. The average Bonchev–Trinajstić information content (AvgIpc) is 2.70. The van der Waals surface area contributed by atoms with E-state index in [0.717, 1.165) is 13.0 Å². The Hall–Kier alpha value is -2.47. The van der Waals surface area contributed by atoms with E-state index in [-0.39, 0.29) is 12.5 Å². The van der Waals surface area contributed by atoms with E-state index in [1.807, 2.05) is 18.2 Å². The van der Waals surface area contributed by atoms with Gasteiger partial charge >= 0.3 is 0 Å². The number of rotatable bonds is 8. The topological polar surface area (TPSA) is 56.7 Å². The highest BCUT2D eigenvalue weighted by Gasteiger charge is 2.07. The number of guanidine groups is 1. The largest absolute Gasteiger partial charge is 0.356 e. The van der Waals surface area contributed by atoms with Crippen molar-refractivity contribution in [3.8, 4) is 0 Å². The monoisotopic (exact) mass is 398 g/mol. The first-order valence-electron chi connectivity index (χ1n) is 9.39. The first-order chi connectivity index (χ1) is 13.5. The summed E-state index contributed by atoms with van der Waals surface area (Å²) < 4.78 is 0. The number of carbonyl (C=O) groups excluding carboxylic acids is 1. The number of nitrogens with zero attached hydrogens (tertiary/aromatic N) is 2. The predicted octanol–water partition coefficient (Wildman–Crippen LogP) is 3.08. The third-order valence-corrected chi connectivity index (χ3v) is 5.12. The van der Waals surface area contributed by atoms with Gasteiger partial charge in [0, 0.05) is 25.5 Å². The van der Waals surface area contributed by atoms with E-state index >= 15 is 0 Å². The number of hydrogen-bond donors (Lipinski definition) is 2. The Kier molecular flexibility index (Phi) is 8.88. The van der Waals surface area contributed by atoms with Crippen molar-refractivity contribution in [1.29, 1.82) is 0 Å². The molecule has 0 fully saturated rings. The maximum Gasteiger partial charge on any atom is 0.241 e. The molecule has 0 radical (unpaired) electrons. The number of thioether (sulfide) groups is 1. The summed E-state index contributed by atoms with van der Waals surface area (Å²) >= 11 is 1.73. The van der Waals surface area contributed by atoms with Crippen LogP contribution < -0.4 is 10.6 Å². The molecule has 0 aromatic heterocycles. The van der Waals surface area contributed by atoms with Crippen LogP contribution >= 0.6 is 11.8 Å². The van der Waals surface area contributed by atoms with Crippen LogP contribution in [0.15, 0.2) is 58.4 Å². The van der Waals surface area contributed by atoms with Crippen molar-refractivity contribution in [2.45, 2.75) is 24.8 Å². The van der Waals surface area contributed by atoms with Crippen molar-refractivity contribution < 1.29 is 4.79 Å². The Balaban J connectivity index is 2.03. The quantitative estimate of drug-likeness (QED) is 0.408. The minimum Gasteiger partial charge on any atom is -0.356 e. The van der Waals surface area contributed by atoms with E-state index in [2.05, 4.69) is 54.1 Å². The predicted molar refractivity (Wildman–Crippen MR) is 119 cm³/mol. The van der Waals surface area contributed by atoms with Gasteiger partial charge in [0.2, 0.25) is 5.91 Å². The summed E-state index contributed by atoms with van der Waals surface area (Å²) in [6, 6.07) is 16.7. The van der Waals surface area contributed by atoms with Gasteiger partial charge in [-0.2, -0.15) is 0 Å². The van der Waals surface area contributed by atoms with E-state index in [4.69, 9.17) is 4.99 Å². The molecule has 0 atom stereocenters. The molecule has 2 N–H and O–H groups in total. The summed E-state index contributed by atoms with van der Waals surface area (Å²) in [5.74, 6) is 0.663. The molecule has 0 aliphatic heterocycles. The average molecular weight is 399 g/mol. The van der Waals surface area contributed by atoms with E-state index < -0.39 is 0 Å². The SMILES string of the molecule is CSc1cc(C)ccc1CN=C(NCCc1ccccc1)NCC(=O)N(C)C. The summed E-state index contributed by atoms with van der Waals surface area (Å²) in [6.07, 6.45) is 2.97. The van der Waals surface area contributed by atoms with Gasteiger partial charge in [-0.3, -0.25) is 4.79 Å². The first-order valence-corrected chi connectivity index (χ1v) is 10.6. The van der Waals surface area contributed by atoms with Gasteiger partial charge in [-0.1, -0.05) is 42.5 Å². The highest BCUT2D eigenvalue weighted by molar-refractivity contribution is 7.98. The van der Waals surface area contributed by atoms with Crippen LogP contribution in [0.25, 0.3) is 0 Å². The number of hydrogen-bond acceptors (Lipinski definition) is 3. The van der Waals surface area contributed by atoms with Crippen LogP contribution in [0.2, 0.25) is 0 Å². The van der Waals surface area contributed by atoms with Gasteiger partial charge in [0.25, 0.3) is 0 Å². The normalized spacial score (nSPS) is 11.2. The number of aliphatic imine (C=N–C) groups is 1. The zero-order chi connectivity index (χ0) is 20.4. The van der Waals surface area contributed by atoms with Crippen LogP contribution in [0.4, 0.5) is 0 Å². The van der Waals surface area contributed by atoms with Crippen LogP contribution in [-0.4, -0.2) is 50.2 Å². The Morgan fingerprint density at radius 3 is 2.54 bits per heavy atom. The van der Waals surface area contributed by atoms with Crippen LogP contribution in [0.5, 0.6) is 0 Å². The second-order valence-corrected chi connectivity index (χ2v) is 7.63. The van der Waals surface area contributed by atoms with Crippen LogP contribution in [0.3, 0.4) is 0 Å². The van der Waals surface area contributed by atoms with Crippen molar-refractivity contribution >= 4 is 23.6 Å². The molecule has 5 nitrogen and oxygen atoms in total. The molecule has 6 heteroatoms. The Morgan fingerprint density at radius 2 is 1.86 bits per heavy atom. The standard InChI is InChI=1S/C22H30N4OS/c1-17-10-11-19(20(14-17)28-4)15-24-22(25-16-21(27)26(2)3)23-13-12-18-8-6-5-7-9-18/h5-11,14H,12-13,15-16H2,1-4H3,(H2,23,24,25). The fraction of sp³-hybridized carbons (Fsp3) is 0.364. The summed E-state index contributed by atoms with van der Waals surface area (Å²) in [7, 11) is 3.50. The molecule has 0 saturated heterocycles. The molecule has 0 unspecified atom stereocenters. The number of nitrogens with one attached hydrogen (secondary N) is 2. The second-order valence-electron chi connectivity index (χ2n) is 6.78. The minimum absolute atomic E-state index is 0.0118. The van der Waals surface area contributed by atoms with Gasteiger partial charge in [0.15, 0.2) is 5.96 Å². The maximum atomic E-state index is 11.9. The zero-order valence-electron chi connectivity index (χ0n) is 17.2. The Bertz CT molecular complexity index is 790. The smallest absolute Gasteiger partial charge is 0.241 e. The third-order valence-electron chi connectivity index (χ3n) is 4.30. The van der Waals surface area contributed by atoms with Gasteiger partial charge < -0.3 is 15.5 Å². The molecule has 1 amide bonds. The molecule has 0 spiro atoms. The number of aryl methyl sites for hydroxylation is 1. The lowest BCUT2D eigenvalue weighted by atomic mass is 10.1. The van der Waals surface area contributed by atoms with Crippen LogP contribution in [-0.2, 0) is 17.8 Å². The van der Waals surface area contributed by atoms with E-state index in [1.165, 1.54) is 21.6 Å². The molecule has 0 saturated carbocycles. The molecule has 2 aromatic rings. The number of benzene rings is 2. The highest BCUT2D eigenvalue weighted by atomic mass is 32.2. The number of carbonyl (C=O) groups is 1. The highest BCUT2D eigenvalue weighted by Crippen LogP contribution is 2.22. The van der Waals surface area contributed by atoms with Crippen molar-refractivity contribution in [1.82, 2.24) is 15.5 Å². The van der Waals surface area contributed by atoms with Crippen molar-refractivity contribution in [3.05, 3.63) is 65.2 Å². The summed E-state index contributed by atoms with van der Waals surface area (Å²) in [6.45, 7) is 3.62. The fourth-order valence-corrected chi connectivity index (χ4v) is 3.31. The summed E-state index contributed by atoms with van der Waals surface area (Å²) in [5.41, 5.74) is 3.69. The van der Waals surface area contributed by atoms with Crippen molar-refractivity contribution in [2.24, 2.45) is 4.99 Å². The van der Waals surface area contributed by atoms with Gasteiger partial charge in [-0.15, -0.1) is 11.8 Å². The Morgan fingerprint density at radius 1 is 1.11 bits per heavy atom. The summed E-state index contributed by atoms with van der Waals surface area (Å²) in [4.78, 5) is 19.4. The van der Waals surface area contributed by atoms with Crippen molar-refractivity contribution in [3.63, 3.8) is 0 Å². The molecule has 2 rings (SSSR count). The van der Waals surface area contributed by atoms with E-state index in [1.54, 1.807) is 30.8 Å². The van der Waals surface area contributed by atoms with Gasteiger partial charge in [0.05, 0.1) is 13.1 Å². The molecule has 28 heavy (non-hydrogen) atoms. The lowest BCUT2D eigenvalue weighted by molar-refractivity contribution is -0.127. The first kappa shape index (κ1) is 21.8. The lowest BCUT2D eigenvalue weighted by Gasteiger charge is -2.15. The molecule has 0 aliphatic rings. The zero-order valence-corrected chi connectivity index (χ0v) is 18.0. The molecule has 0 bridgehead atoms. The van der Waals surface area contributed by atoms with Gasteiger partial charge in [-0.25, -0.2) is 4.99 Å². The van der Waals surface area contributed by atoms with E-state index in [9.17, 15) is 4.79 Å². The molecule has 2 aromatic carbocycles. The maximum absolute atomic E-state index is 11.9. The molecule has 150 valence electrons. The number of likely N-dealkylation sites (N-methyl/N-ethyl adjacent to an activating group) is 1. The van der Waals surface area contributed by atoms with Gasteiger partial charge in [-0.05, 0) is 42.4 Å². The molecule has 0 aliphatic carbocycles. The second kappa shape index (κ2) is 11.4. The van der Waals surface area contributed by atoms with E-state index in [0.29, 0.717) is 12.5 Å². The Labute approximate surface area is 172 Å².